The van der Waals surface area contributed by atoms with Gasteiger partial charge in [-0.1, -0.05) is 42.5 Å². The minimum absolute atomic E-state index is 0.0171. The molecular weight excluding hydrogens is 426 g/mol. The number of benzene rings is 2. The van der Waals surface area contributed by atoms with Crippen LogP contribution in [0.4, 0.5) is 5.82 Å². The van der Waals surface area contributed by atoms with Crippen LogP contribution >= 0.6 is 0 Å². The second kappa shape index (κ2) is 9.95. The first-order valence-corrected chi connectivity index (χ1v) is 11.9. The third kappa shape index (κ3) is 4.73. The predicted octanol–water partition coefficient (Wildman–Crippen LogP) is 4.33. The highest BCUT2D eigenvalue weighted by atomic mass is 16.5. The van der Waals surface area contributed by atoms with Crippen molar-refractivity contribution in [2.75, 3.05) is 24.6 Å². The van der Waals surface area contributed by atoms with Crippen molar-refractivity contribution >= 4 is 17.2 Å². The average Bonchev–Trinajstić information content (AvgIpc) is 3.34. The van der Waals surface area contributed by atoms with E-state index in [-0.39, 0.29) is 11.8 Å². The molecule has 1 N–H and O–H groups in total. The first kappa shape index (κ1) is 21.9. The van der Waals surface area contributed by atoms with E-state index in [1.807, 2.05) is 60.1 Å². The maximum atomic E-state index is 12.8. The molecule has 174 valence electrons. The van der Waals surface area contributed by atoms with Crippen LogP contribution in [0, 0.1) is 5.92 Å². The SMILES string of the molecule is CCOc1ccc(CNC(=O)C2CCN(c3nccn4nc(-c5ccccc5)cc34)CC2)cc1. The lowest BCUT2D eigenvalue weighted by atomic mass is 9.95. The molecule has 0 bridgehead atoms. The first-order valence-electron chi connectivity index (χ1n) is 11.9. The van der Waals surface area contributed by atoms with Crippen molar-refractivity contribution in [1.82, 2.24) is 19.9 Å². The standard InChI is InChI=1S/C27H29N5O2/c1-2-34-23-10-8-20(9-11-23)19-29-27(33)22-12-15-31(16-13-22)26-25-18-24(21-6-4-3-5-7-21)30-32(25)17-14-28-26/h3-11,14,17-18,22H,2,12-13,15-16,19H2,1H3,(H,29,33). The molecule has 1 aliphatic rings. The summed E-state index contributed by atoms with van der Waals surface area (Å²) in [6, 6.07) is 20.1. The fourth-order valence-electron chi connectivity index (χ4n) is 4.46. The monoisotopic (exact) mass is 455 g/mol. The summed E-state index contributed by atoms with van der Waals surface area (Å²) in [6.45, 7) is 4.73. The number of ether oxygens (including phenoxy) is 1. The quantitative estimate of drug-likeness (QED) is 0.449. The van der Waals surface area contributed by atoms with Gasteiger partial charge in [0.05, 0.1) is 12.3 Å². The van der Waals surface area contributed by atoms with Crippen molar-refractivity contribution in [1.29, 1.82) is 0 Å². The van der Waals surface area contributed by atoms with E-state index in [1.54, 1.807) is 6.20 Å². The number of fused-ring (bicyclic) bond motifs is 1. The predicted molar refractivity (Wildman–Crippen MR) is 133 cm³/mol. The molecule has 2 aromatic heterocycles. The van der Waals surface area contributed by atoms with Crippen LogP contribution in [0.15, 0.2) is 73.1 Å². The zero-order valence-corrected chi connectivity index (χ0v) is 19.4. The van der Waals surface area contributed by atoms with E-state index < -0.39 is 0 Å². The van der Waals surface area contributed by atoms with Gasteiger partial charge < -0.3 is 15.0 Å². The highest BCUT2D eigenvalue weighted by Gasteiger charge is 2.26. The van der Waals surface area contributed by atoms with Gasteiger partial charge in [0.25, 0.3) is 0 Å². The van der Waals surface area contributed by atoms with Crippen molar-refractivity contribution in [3.05, 3.63) is 78.6 Å². The molecule has 0 saturated carbocycles. The molecule has 7 heteroatoms. The van der Waals surface area contributed by atoms with E-state index in [9.17, 15) is 4.79 Å². The molecule has 0 atom stereocenters. The minimum Gasteiger partial charge on any atom is -0.494 e. The zero-order chi connectivity index (χ0) is 23.3. The van der Waals surface area contributed by atoms with Gasteiger partial charge in [-0.3, -0.25) is 4.79 Å². The highest BCUT2D eigenvalue weighted by molar-refractivity contribution is 5.79. The van der Waals surface area contributed by atoms with Gasteiger partial charge in [-0.2, -0.15) is 5.10 Å². The highest BCUT2D eigenvalue weighted by Crippen LogP contribution is 2.28. The Hall–Kier alpha value is -3.87. The van der Waals surface area contributed by atoms with Gasteiger partial charge in [0.15, 0.2) is 5.82 Å². The fraction of sp³-hybridized carbons (Fsp3) is 0.296. The summed E-state index contributed by atoms with van der Waals surface area (Å²) in [7, 11) is 0. The number of nitrogens with zero attached hydrogens (tertiary/aromatic N) is 4. The number of rotatable bonds is 7. The van der Waals surface area contributed by atoms with Crippen LogP contribution in [0.25, 0.3) is 16.8 Å². The molecule has 1 saturated heterocycles. The Bertz CT molecular complexity index is 1250. The van der Waals surface area contributed by atoms with Crippen molar-refractivity contribution in [2.24, 2.45) is 5.92 Å². The molecule has 0 radical (unpaired) electrons. The van der Waals surface area contributed by atoms with Crippen LogP contribution < -0.4 is 15.0 Å². The largest absolute Gasteiger partial charge is 0.494 e. The average molecular weight is 456 g/mol. The number of amides is 1. The number of nitrogens with one attached hydrogen (secondary N) is 1. The molecular formula is C27H29N5O2. The number of carbonyl (C=O) groups excluding carboxylic acids is 1. The first-order chi connectivity index (χ1) is 16.7. The second-order valence-electron chi connectivity index (χ2n) is 8.53. The Kier molecular flexibility index (Phi) is 6.42. The maximum Gasteiger partial charge on any atom is 0.223 e. The summed E-state index contributed by atoms with van der Waals surface area (Å²) in [5, 5.41) is 7.83. The molecule has 1 fully saturated rings. The molecule has 4 aromatic rings. The molecule has 2 aromatic carbocycles. The van der Waals surface area contributed by atoms with Gasteiger partial charge in [-0.05, 0) is 43.5 Å². The smallest absolute Gasteiger partial charge is 0.223 e. The summed E-state index contributed by atoms with van der Waals surface area (Å²) >= 11 is 0. The Balaban J connectivity index is 1.20. The number of hydrogen-bond acceptors (Lipinski definition) is 5. The fourth-order valence-corrected chi connectivity index (χ4v) is 4.46. The minimum atomic E-state index is 0.0171. The van der Waals surface area contributed by atoms with E-state index in [2.05, 4.69) is 33.4 Å². The number of carbonyl (C=O) groups is 1. The third-order valence-electron chi connectivity index (χ3n) is 6.31. The van der Waals surface area contributed by atoms with E-state index in [4.69, 9.17) is 9.84 Å². The van der Waals surface area contributed by atoms with Crippen LogP contribution in [0.1, 0.15) is 25.3 Å². The summed E-state index contributed by atoms with van der Waals surface area (Å²) in [5.41, 5.74) is 4.07. The van der Waals surface area contributed by atoms with Crippen LogP contribution in [-0.4, -0.2) is 40.2 Å². The molecule has 34 heavy (non-hydrogen) atoms. The number of hydrogen-bond donors (Lipinski definition) is 1. The van der Waals surface area contributed by atoms with Gasteiger partial charge >= 0.3 is 0 Å². The van der Waals surface area contributed by atoms with E-state index in [0.717, 1.165) is 59.8 Å². The van der Waals surface area contributed by atoms with Crippen molar-refractivity contribution in [2.45, 2.75) is 26.3 Å². The molecule has 0 unspecified atom stereocenters. The van der Waals surface area contributed by atoms with Crippen molar-refractivity contribution in [3.63, 3.8) is 0 Å². The zero-order valence-electron chi connectivity index (χ0n) is 19.4. The second-order valence-corrected chi connectivity index (χ2v) is 8.53. The van der Waals surface area contributed by atoms with Gasteiger partial charge in [0.1, 0.15) is 11.3 Å². The topological polar surface area (TPSA) is 71.8 Å². The summed E-state index contributed by atoms with van der Waals surface area (Å²) in [4.78, 5) is 19.7. The molecule has 0 aliphatic carbocycles. The van der Waals surface area contributed by atoms with Crippen LogP contribution in [0.2, 0.25) is 0 Å². The van der Waals surface area contributed by atoms with Gasteiger partial charge in [-0.25, -0.2) is 9.50 Å². The number of piperidine rings is 1. The lowest BCUT2D eigenvalue weighted by molar-refractivity contribution is -0.125. The Morgan fingerprint density at radius 3 is 2.59 bits per heavy atom. The van der Waals surface area contributed by atoms with Gasteiger partial charge in [0, 0.05) is 43.5 Å². The molecule has 3 heterocycles. The van der Waals surface area contributed by atoms with E-state index in [0.29, 0.717) is 13.2 Å². The molecule has 7 nitrogen and oxygen atoms in total. The summed E-state index contributed by atoms with van der Waals surface area (Å²) in [5.74, 6) is 1.91. The van der Waals surface area contributed by atoms with Crippen molar-refractivity contribution in [3.8, 4) is 17.0 Å². The van der Waals surface area contributed by atoms with Crippen molar-refractivity contribution < 1.29 is 9.53 Å². The molecule has 5 rings (SSSR count). The lowest BCUT2D eigenvalue weighted by Gasteiger charge is -2.32. The van der Waals surface area contributed by atoms with Gasteiger partial charge in [-0.15, -0.1) is 0 Å². The maximum absolute atomic E-state index is 12.8. The number of aromatic nitrogens is 3. The lowest BCUT2D eigenvalue weighted by Crippen LogP contribution is -2.40. The molecule has 1 amide bonds. The summed E-state index contributed by atoms with van der Waals surface area (Å²) in [6.07, 6.45) is 5.28. The summed E-state index contributed by atoms with van der Waals surface area (Å²) < 4.78 is 7.37. The third-order valence-corrected chi connectivity index (χ3v) is 6.31. The molecule has 0 spiro atoms. The van der Waals surface area contributed by atoms with Gasteiger partial charge in [0.2, 0.25) is 5.91 Å². The Labute approximate surface area is 199 Å². The van der Waals surface area contributed by atoms with Crippen LogP contribution in [0.5, 0.6) is 5.75 Å². The molecule has 1 aliphatic heterocycles. The van der Waals surface area contributed by atoms with Crippen LogP contribution in [0.3, 0.4) is 0 Å². The number of anilines is 1. The Morgan fingerprint density at radius 1 is 1.09 bits per heavy atom. The van der Waals surface area contributed by atoms with Crippen LogP contribution in [-0.2, 0) is 11.3 Å². The normalized spacial score (nSPS) is 14.3. The van der Waals surface area contributed by atoms with E-state index in [1.165, 1.54) is 0 Å². The Morgan fingerprint density at radius 2 is 1.85 bits per heavy atom. The van der Waals surface area contributed by atoms with E-state index >= 15 is 0 Å².